The Morgan fingerprint density at radius 1 is 1.39 bits per heavy atom. The van der Waals surface area contributed by atoms with Crippen molar-refractivity contribution in [2.24, 2.45) is 5.92 Å². The van der Waals surface area contributed by atoms with Crippen LogP contribution in [-0.2, 0) is 11.2 Å². The molecule has 2 aliphatic rings. The summed E-state index contributed by atoms with van der Waals surface area (Å²) in [5.74, 6) is 0.933. The summed E-state index contributed by atoms with van der Waals surface area (Å²) in [5.41, 5.74) is 2.86. The van der Waals surface area contributed by atoms with E-state index < -0.39 is 0 Å². The van der Waals surface area contributed by atoms with E-state index in [1.165, 1.54) is 11.1 Å². The van der Waals surface area contributed by atoms with Crippen molar-refractivity contribution in [2.75, 3.05) is 19.6 Å². The summed E-state index contributed by atoms with van der Waals surface area (Å²) in [7, 11) is 0. The largest absolute Gasteiger partial charge is 0.355 e. The Kier molecular flexibility index (Phi) is 3.33. The van der Waals surface area contributed by atoms with E-state index in [0.717, 1.165) is 38.9 Å². The summed E-state index contributed by atoms with van der Waals surface area (Å²) < 4.78 is 0. The molecule has 3 heteroatoms. The van der Waals surface area contributed by atoms with Crippen LogP contribution >= 0.6 is 0 Å². The molecule has 1 aromatic carbocycles. The second kappa shape index (κ2) is 5.11. The van der Waals surface area contributed by atoms with Gasteiger partial charge < -0.3 is 10.6 Å². The molecule has 1 aromatic rings. The molecule has 3 nitrogen and oxygen atoms in total. The average molecular weight is 244 g/mol. The zero-order chi connectivity index (χ0) is 12.4. The fourth-order valence-electron chi connectivity index (χ4n) is 2.99. The van der Waals surface area contributed by atoms with Gasteiger partial charge in [-0.1, -0.05) is 24.3 Å². The molecule has 18 heavy (non-hydrogen) atoms. The van der Waals surface area contributed by atoms with E-state index >= 15 is 0 Å². The summed E-state index contributed by atoms with van der Waals surface area (Å²) in [6.07, 6.45) is 3.25. The minimum atomic E-state index is 0.175. The summed E-state index contributed by atoms with van der Waals surface area (Å²) in [5, 5.41) is 6.40. The normalized spacial score (nSPS) is 26.0. The molecule has 0 spiro atoms. The lowest BCUT2D eigenvalue weighted by Gasteiger charge is -2.31. The first-order chi connectivity index (χ1) is 8.84. The lowest BCUT2D eigenvalue weighted by atomic mass is 9.77. The van der Waals surface area contributed by atoms with E-state index in [4.69, 9.17) is 0 Å². The average Bonchev–Trinajstić information content (AvgIpc) is 2.40. The Morgan fingerprint density at radius 2 is 2.28 bits per heavy atom. The van der Waals surface area contributed by atoms with E-state index in [1.807, 2.05) is 0 Å². The second-order valence-electron chi connectivity index (χ2n) is 5.39. The third-order valence-electron chi connectivity index (χ3n) is 4.15. The Hall–Kier alpha value is -1.35. The van der Waals surface area contributed by atoms with Gasteiger partial charge in [0.25, 0.3) is 0 Å². The number of nitrogens with one attached hydrogen (secondary N) is 2. The number of carbonyl (C=O) groups is 1. The number of fused-ring (bicyclic) bond motifs is 1. The number of hydrogen-bond acceptors (Lipinski definition) is 2. The van der Waals surface area contributed by atoms with Gasteiger partial charge in [0.2, 0.25) is 5.91 Å². The number of rotatable bonds is 3. The van der Waals surface area contributed by atoms with Crippen molar-refractivity contribution in [1.29, 1.82) is 0 Å². The topological polar surface area (TPSA) is 41.1 Å². The quantitative estimate of drug-likeness (QED) is 0.845. The van der Waals surface area contributed by atoms with Gasteiger partial charge in [-0.3, -0.25) is 4.79 Å². The molecule has 3 rings (SSSR count). The Labute approximate surface area is 108 Å². The molecular weight excluding hydrogens is 224 g/mol. The molecule has 1 heterocycles. The summed E-state index contributed by atoms with van der Waals surface area (Å²) in [4.78, 5) is 12.0. The van der Waals surface area contributed by atoms with Gasteiger partial charge >= 0.3 is 0 Å². The standard InChI is InChI=1S/C15H20N2O/c18-15(12-5-3-7-16-9-12)17-10-13-8-11-4-1-2-6-14(11)13/h1-2,4,6,12-13,16H,3,5,7-10H2,(H,17,18). The lowest BCUT2D eigenvalue weighted by Crippen LogP contribution is -2.42. The molecule has 1 saturated heterocycles. The fourth-order valence-corrected chi connectivity index (χ4v) is 2.99. The van der Waals surface area contributed by atoms with Crippen LogP contribution in [0.3, 0.4) is 0 Å². The fraction of sp³-hybridized carbons (Fsp3) is 0.533. The molecule has 1 aliphatic heterocycles. The number of piperidine rings is 1. The SMILES string of the molecule is O=C(NCC1Cc2ccccc21)C1CCCNC1. The smallest absolute Gasteiger partial charge is 0.224 e. The van der Waals surface area contributed by atoms with Crippen LogP contribution in [0.2, 0.25) is 0 Å². The third-order valence-corrected chi connectivity index (χ3v) is 4.15. The van der Waals surface area contributed by atoms with Crippen LogP contribution in [-0.4, -0.2) is 25.5 Å². The molecule has 2 N–H and O–H groups in total. The maximum atomic E-state index is 12.0. The van der Waals surface area contributed by atoms with Gasteiger partial charge in [-0.25, -0.2) is 0 Å². The van der Waals surface area contributed by atoms with Crippen LogP contribution in [0.25, 0.3) is 0 Å². The van der Waals surface area contributed by atoms with Gasteiger partial charge in [0.05, 0.1) is 5.92 Å². The molecule has 0 bridgehead atoms. The zero-order valence-corrected chi connectivity index (χ0v) is 10.6. The molecule has 2 unspecified atom stereocenters. The van der Waals surface area contributed by atoms with Gasteiger partial charge in [0.1, 0.15) is 0 Å². The molecule has 1 fully saturated rings. The van der Waals surface area contributed by atoms with Crippen LogP contribution in [0.4, 0.5) is 0 Å². The monoisotopic (exact) mass is 244 g/mol. The molecule has 1 amide bonds. The van der Waals surface area contributed by atoms with E-state index in [-0.39, 0.29) is 11.8 Å². The Balaban J connectivity index is 1.49. The van der Waals surface area contributed by atoms with Crippen molar-refractivity contribution in [2.45, 2.75) is 25.2 Å². The third kappa shape index (κ3) is 2.27. The van der Waals surface area contributed by atoms with Crippen molar-refractivity contribution >= 4 is 5.91 Å². The number of benzene rings is 1. The highest BCUT2D eigenvalue weighted by atomic mass is 16.1. The maximum Gasteiger partial charge on any atom is 0.224 e. The van der Waals surface area contributed by atoms with E-state index in [2.05, 4.69) is 34.9 Å². The van der Waals surface area contributed by atoms with Crippen LogP contribution in [0, 0.1) is 5.92 Å². The van der Waals surface area contributed by atoms with Crippen LogP contribution in [0.1, 0.15) is 29.9 Å². The molecule has 0 aromatic heterocycles. The molecule has 2 atom stereocenters. The Morgan fingerprint density at radius 3 is 3.06 bits per heavy atom. The lowest BCUT2D eigenvalue weighted by molar-refractivity contribution is -0.125. The summed E-state index contributed by atoms with van der Waals surface area (Å²) in [6.45, 7) is 2.69. The first-order valence-electron chi connectivity index (χ1n) is 6.91. The van der Waals surface area contributed by atoms with Crippen molar-refractivity contribution in [3.05, 3.63) is 35.4 Å². The van der Waals surface area contributed by atoms with Gasteiger partial charge in [-0.15, -0.1) is 0 Å². The number of carbonyl (C=O) groups excluding carboxylic acids is 1. The first-order valence-corrected chi connectivity index (χ1v) is 6.91. The van der Waals surface area contributed by atoms with Gasteiger partial charge in [0.15, 0.2) is 0 Å². The van der Waals surface area contributed by atoms with Gasteiger partial charge in [0, 0.05) is 19.0 Å². The van der Waals surface area contributed by atoms with Gasteiger partial charge in [-0.2, -0.15) is 0 Å². The maximum absolute atomic E-state index is 12.0. The van der Waals surface area contributed by atoms with Crippen molar-refractivity contribution < 1.29 is 4.79 Å². The predicted octanol–water partition coefficient (Wildman–Crippen LogP) is 1.44. The van der Waals surface area contributed by atoms with Crippen LogP contribution in [0.5, 0.6) is 0 Å². The summed E-state index contributed by atoms with van der Waals surface area (Å²) in [6, 6.07) is 8.52. The molecule has 96 valence electrons. The van der Waals surface area contributed by atoms with E-state index in [0.29, 0.717) is 5.92 Å². The number of amides is 1. The minimum Gasteiger partial charge on any atom is -0.355 e. The summed E-state index contributed by atoms with van der Waals surface area (Å²) >= 11 is 0. The first kappa shape index (κ1) is 11.7. The second-order valence-corrected chi connectivity index (χ2v) is 5.39. The molecular formula is C15H20N2O. The zero-order valence-electron chi connectivity index (χ0n) is 10.6. The van der Waals surface area contributed by atoms with Crippen LogP contribution in [0.15, 0.2) is 24.3 Å². The predicted molar refractivity (Wildman–Crippen MR) is 71.5 cm³/mol. The van der Waals surface area contributed by atoms with Crippen molar-refractivity contribution in [3.8, 4) is 0 Å². The number of hydrogen-bond donors (Lipinski definition) is 2. The van der Waals surface area contributed by atoms with E-state index in [9.17, 15) is 4.79 Å². The minimum absolute atomic E-state index is 0.175. The molecule has 1 aliphatic carbocycles. The van der Waals surface area contributed by atoms with Crippen LogP contribution < -0.4 is 10.6 Å². The highest BCUT2D eigenvalue weighted by Crippen LogP contribution is 2.34. The highest BCUT2D eigenvalue weighted by Gasteiger charge is 2.27. The van der Waals surface area contributed by atoms with Crippen molar-refractivity contribution in [3.63, 3.8) is 0 Å². The Bertz CT molecular complexity index is 438. The molecule has 0 radical (unpaired) electrons. The van der Waals surface area contributed by atoms with Gasteiger partial charge in [-0.05, 0) is 36.9 Å². The molecule has 0 saturated carbocycles. The van der Waals surface area contributed by atoms with Crippen molar-refractivity contribution in [1.82, 2.24) is 10.6 Å². The van der Waals surface area contributed by atoms with E-state index in [1.54, 1.807) is 0 Å². The highest BCUT2D eigenvalue weighted by molar-refractivity contribution is 5.79.